The smallest absolute Gasteiger partial charge is 0.173 e. The van der Waals surface area contributed by atoms with Crippen LogP contribution < -0.4 is 11.3 Å². The van der Waals surface area contributed by atoms with E-state index in [2.05, 4.69) is 42.1 Å². The largest absolute Gasteiger partial charge is 0.457 e. The summed E-state index contributed by atoms with van der Waals surface area (Å²) in [6.45, 7) is 6.68. The van der Waals surface area contributed by atoms with Crippen LogP contribution in [-0.2, 0) is 0 Å². The maximum atomic E-state index is 5.55. The molecule has 0 aliphatic rings. The standard InChI is InChI=1S/C11H19BrN2O/c1-11(2,3)6-4-9(14-13)8-5-7-15-10(8)12/h5,7,9,14H,4,6,13H2,1-3H3. The molecule has 0 aliphatic heterocycles. The molecule has 0 aliphatic carbocycles. The van der Waals surface area contributed by atoms with Crippen molar-refractivity contribution in [1.82, 2.24) is 5.43 Å². The fourth-order valence-corrected chi connectivity index (χ4v) is 1.98. The highest BCUT2D eigenvalue weighted by Crippen LogP contribution is 2.31. The SMILES string of the molecule is CC(C)(C)CCC(NN)c1ccoc1Br. The number of nitrogens with two attached hydrogens (primary N) is 1. The number of furan rings is 1. The average Bonchev–Trinajstić information content (AvgIpc) is 2.52. The Labute approximate surface area is 99.5 Å². The third-order valence-electron chi connectivity index (χ3n) is 2.41. The molecular weight excluding hydrogens is 256 g/mol. The maximum absolute atomic E-state index is 5.55. The van der Waals surface area contributed by atoms with Gasteiger partial charge in [-0.05, 0) is 40.3 Å². The molecule has 0 saturated heterocycles. The third kappa shape index (κ3) is 3.97. The zero-order chi connectivity index (χ0) is 11.5. The first kappa shape index (κ1) is 12.7. The van der Waals surface area contributed by atoms with E-state index in [0.29, 0.717) is 5.41 Å². The molecule has 3 nitrogen and oxygen atoms in total. The fourth-order valence-electron chi connectivity index (χ4n) is 1.46. The molecule has 1 atom stereocenters. The highest BCUT2D eigenvalue weighted by Gasteiger charge is 2.18. The monoisotopic (exact) mass is 274 g/mol. The van der Waals surface area contributed by atoms with Crippen LogP contribution in [0.15, 0.2) is 21.4 Å². The van der Waals surface area contributed by atoms with Gasteiger partial charge < -0.3 is 4.42 Å². The predicted octanol–water partition coefficient (Wildman–Crippen LogP) is 3.37. The van der Waals surface area contributed by atoms with Gasteiger partial charge in [0.2, 0.25) is 0 Å². The van der Waals surface area contributed by atoms with E-state index in [-0.39, 0.29) is 6.04 Å². The van der Waals surface area contributed by atoms with Crippen LogP contribution in [0.25, 0.3) is 0 Å². The topological polar surface area (TPSA) is 51.2 Å². The van der Waals surface area contributed by atoms with Gasteiger partial charge in [0, 0.05) is 5.56 Å². The normalized spacial score (nSPS) is 14.2. The van der Waals surface area contributed by atoms with E-state index in [1.165, 1.54) is 0 Å². The van der Waals surface area contributed by atoms with E-state index in [9.17, 15) is 0 Å². The van der Waals surface area contributed by atoms with Crippen LogP contribution in [-0.4, -0.2) is 0 Å². The molecule has 3 N–H and O–H groups in total. The summed E-state index contributed by atoms with van der Waals surface area (Å²) in [6, 6.07) is 2.09. The molecule has 0 aromatic carbocycles. The molecule has 86 valence electrons. The number of rotatable bonds is 4. The molecule has 0 radical (unpaired) electrons. The van der Waals surface area contributed by atoms with Crippen LogP contribution >= 0.6 is 15.9 Å². The zero-order valence-corrected chi connectivity index (χ0v) is 11.1. The van der Waals surface area contributed by atoms with Crippen molar-refractivity contribution in [3.8, 4) is 0 Å². The Balaban J connectivity index is 2.61. The fraction of sp³-hybridized carbons (Fsp3) is 0.636. The maximum Gasteiger partial charge on any atom is 0.173 e. The quantitative estimate of drug-likeness (QED) is 0.654. The lowest BCUT2D eigenvalue weighted by atomic mass is 9.88. The van der Waals surface area contributed by atoms with Crippen molar-refractivity contribution >= 4 is 15.9 Å². The highest BCUT2D eigenvalue weighted by atomic mass is 79.9. The molecule has 1 unspecified atom stereocenters. The Morgan fingerprint density at radius 1 is 1.53 bits per heavy atom. The molecule has 0 fully saturated rings. The molecule has 1 aromatic heterocycles. The second-order valence-corrected chi connectivity index (χ2v) is 5.69. The Hall–Kier alpha value is -0.320. The zero-order valence-electron chi connectivity index (χ0n) is 9.51. The van der Waals surface area contributed by atoms with Crippen LogP contribution in [0.5, 0.6) is 0 Å². The molecule has 0 amide bonds. The molecule has 15 heavy (non-hydrogen) atoms. The third-order valence-corrected chi connectivity index (χ3v) is 3.05. The van der Waals surface area contributed by atoms with Gasteiger partial charge in [0.15, 0.2) is 4.67 Å². The molecule has 0 saturated carbocycles. The van der Waals surface area contributed by atoms with Crippen LogP contribution in [0.2, 0.25) is 0 Å². The summed E-state index contributed by atoms with van der Waals surface area (Å²) >= 11 is 3.37. The Kier molecular flexibility index (Phi) is 4.37. The van der Waals surface area contributed by atoms with E-state index < -0.39 is 0 Å². The van der Waals surface area contributed by atoms with Crippen LogP contribution in [0.3, 0.4) is 0 Å². The molecule has 4 heteroatoms. The molecule has 0 spiro atoms. The first-order chi connectivity index (χ1) is 6.94. The van der Waals surface area contributed by atoms with Gasteiger partial charge >= 0.3 is 0 Å². The van der Waals surface area contributed by atoms with Gasteiger partial charge in [0.05, 0.1) is 12.3 Å². The highest BCUT2D eigenvalue weighted by molar-refractivity contribution is 9.10. The number of hydrogen-bond acceptors (Lipinski definition) is 3. The van der Waals surface area contributed by atoms with E-state index in [1.54, 1.807) is 6.26 Å². The minimum atomic E-state index is 0.150. The van der Waals surface area contributed by atoms with Crippen molar-refractivity contribution in [3.63, 3.8) is 0 Å². The van der Waals surface area contributed by atoms with Crippen molar-refractivity contribution in [2.75, 3.05) is 0 Å². The number of hydrogen-bond donors (Lipinski definition) is 2. The lowest BCUT2D eigenvalue weighted by Crippen LogP contribution is -2.28. The molecule has 0 bridgehead atoms. The van der Waals surface area contributed by atoms with Crippen molar-refractivity contribution in [2.45, 2.75) is 39.7 Å². The Morgan fingerprint density at radius 2 is 2.20 bits per heavy atom. The summed E-state index contributed by atoms with van der Waals surface area (Å²) in [5, 5.41) is 0. The van der Waals surface area contributed by atoms with Crippen LogP contribution in [0.4, 0.5) is 0 Å². The van der Waals surface area contributed by atoms with Gasteiger partial charge in [0.25, 0.3) is 0 Å². The molecule has 1 rings (SSSR count). The lowest BCUT2D eigenvalue weighted by molar-refractivity contribution is 0.332. The molecule has 1 aromatic rings. The molecule has 1 heterocycles. The van der Waals surface area contributed by atoms with Crippen LogP contribution in [0.1, 0.15) is 45.2 Å². The van der Waals surface area contributed by atoms with E-state index >= 15 is 0 Å². The Bertz CT molecular complexity index is 304. The van der Waals surface area contributed by atoms with Gasteiger partial charge in [-0.3, -0.25) is 11.3 Å². The van der Waals surface area contributed by atoms with Gasteiger partial charge in [0.1, 0.15) is 0 Å². The summed E-state index contributed by atoms with van der Waals surface area (Å²) in [7, 11) is 0. The second kappa shape index (κ2) is 5.14. The van der Waals surface area contributed by atoms with Crippen molar-refractivity contribution in [1.29, 1.82) is 0 Å². The first-order valence-corrected chi connectivity index (χ1v) is 5.92. The summed E-state index contributed by atoms with van der Waals surface area (Å²) in [5.74, 6) is 5.55. The number of nitrogens with one attached hydrogen (secondary N) is 1. The summed E-state index contributed by atoms with van der Waals surface area (Å²) in [4.78, 5) is 0. The van der Waals surface area contributed by atoms with Gasteiger partial charge in [-0.1, -0.05) is 20.8 Å². The first-order valence-electron chi connectivity index (χ1n) is 5.13. The predicted molar refractivity (Wildman–Crippen MR) is 65.2 cm³/mol. The van der Waals surface area contributed by atoms with Gasteiger partial charge in [-0.25, -0.2) is 0 Å². The van der Waals surface area contributed by atoms with Crippen LogP contribution in [0, 0.1) is 5.41 Å². The van der Waals surface area contributed by atoms with Gasteiger partial charge in [-0.15, -0.1) is 0 Å². The second-order valence-electron chi connectivity index (χ2n) is 4.97. The van der Waals surface area contributed by atoms with E-state index in [4.69, 9.17) is 10.3 Å². The lowest BCUT2D eigenvalue weighted by Gasteiger charge is -2.22. The number of hydrazine groups is 1. The van der Waals surface area contributed by atoms with Crippen molar-refractivity contribution in [2.24, 2.45) is 11.3 Å². The van der Waals surface area contributed by atoms with Crippen molar-refractivity contribution in [3.05, 3.63) is 22.6 Å². The minimum Gasteiger partial charge on any atom is -0.457 e. The van der Waals surface area contributed by atoms with E-state index in [0.717, 1.165) is 23.1 Å². The van der Waals surface area contributed by atoms with Crippen molar-refractivity contribution < 1.29 is 4.42 Å². The van der Waals surface area contributed by atoms with Gasteiger partial charge in [-0.2, -0.15) is 0 Å². The minimum absolute atomic E-state index is 0.150. The summed E-state index contributed by atoms with van der Waals surface area (Å²) < 4.78 is 5.96. The molecular formula is C11H19BrN2O. The van der Waals surface area contributed by atoms with E-state index in [1.807, 2.05) is 6.07 Å². The summed E-state index contributed by atoms with van der Waals surface area (Å²) in [5.41, 5.74) is 4.24. The Morgan fingerprint density at radius 3 is 2.60 bits per heavy atom. The summed E-state index contributed by atoms with van der Waals surface area (Å²) in [6.07, 6.45) is 3.78. The number of halogens is 1. The average molecular weight is 275 g/mol.